The zero-order chi connectivity index (χ0) is 25.1. The van der Waals surface area contributed by atoms with E-state index in [1.165, 1.54) is 13.2 Å². The molecule has 0 bridgehead atoms. The van der Waals surface area contributed by atoms with Crippen LogP contribution in [0.5, 0.6) is 11.5 Å². The molecule has 0 saturated heterocycles. The van der Waals surface area contributed by atoms with Gasteiger partial charge in [-0.15, -0.1) is 0 Å². The number of amides is 1. The van der Waals surface area contributed by atoms with Gasteiger partial charge in [-0.1, -0.05) is 35.9 Å². The predicted molar refractivity (Wildman–Crippen MR) is 136 cm³/mol. The Balaban J connectivity index is 1.31. The van der Waals surface area contributed by atoms with Crippen LogP contribution >= 0.6 is 11.6 Å². The Bertz CT molecular complexity index is 1550. The monoisotopic (exact) mass is 502 g/mol. The average Bonchev–Trinajstić information content (AvgIpc) is 3.31. The number of hydrogen-bond donors (Lipinski definition) is 1. The lowest BCUT2D eigenvalue weighted by Gasteiger charge is -2.12. The molecule has 5 rings (SSSR count). The van der Waals surface area contributed by atoms with Gasteiger partial charge in [0.2, 0.25) is 5.89 Å². The number of anilines is 1. The maximum absolute atomic E-state index is 14.1. The Labute approximate surface area is 211 Å². The highest BCUT2D eigenvalue weighted by atomic mass is 35.5. The predicted octanol–water partition coefficient (Wildman–Crippen LogP) is 7.13. The average molecular weight is 503 g/mol. The van der Waals surface area contributed by atoms with Gasteiger partial charge in [-0.05, 0) is 60.2 Å². The van der Waals surface area contributed by atoms with E-state index in [2.05, 4.69) is 10.3 Å². The summed E-state index contributed by atoms with van der Waals surface area (Å²) in [5.41, 5.74) is 3.08. The quantitative estimate of drug-likeness (QED) is 0.256. The highest BCUT2D eigenvalue weighted by Gasteiger charge is 2.15. The summed E-state index contributed by atoms with van der Waals surface area (Å²) in [6.07, 6.45) is 0. The van der Waals surface area contributed by atoms with Crippen LogP contribution in [0.1, 0.15) is 15.9 Å². The molecular weight excluding hydrogens is 483 g/mol. The van der Waals surface area contributed by atoms with Gasteiger partial charge in [-0.25, -0.2) is 9.37 Å². The van der Waals surface area contributed by atoms with Crippen LogP contribution in [-0.2, 0) is 6.61 Å². The molecule has 0 aliphatic heterocycles. The van der Waals surface area contributed by atoms with Crippen LogP contribution in [0.15, 0.2) is 89.3 Å². The summed E-state index contributed by atoms with van der Waals surface area (Å²) in [6, 6.07) is 23.6. The highest BCUT2D eigenvalue weighted by molar-refractivity contribution is 6.30. The molecule has 1 aromatic heterocycles. The Morgan fingerprint density at radius 2 is 1.81 bits per heavy atom. The van der Waals surface area contributed by atoms with Crippen molar-refractivity contribution in [2.24, 2.45) is 0 Å². The number of carbonyl (C=O) groups excluding carboxylic acids is 1. The highest BCUT2D eigenvalue weighted by Crippen LogP contribution is 2.31. The standard InChI is InChI=1S/C28H20ClFN2O4/c1-34-26-14-18(8-13-24(26)35-16-17-6-9-19(29)10-7-17)27(33)31-20-11-12-23-25(15-20)36-28(32-23)21-4-2-3-5-22(21)30/h2-15H,16H2,1H3,(H,31,33). The molecule has 5 aromatic rings. The minimum Gasteiger partial charge on any atom is -0.493 e. The number of rotatable bonds is 7. The van der Waals surface area contributed by atoms with Crippen molar-refractivity contribution >= 4 is 34.3 Å². The third kappa shape index (κ3) is 5.01. The number of carbonyl (C=O) groups is 1. The third-order valence-electron chi connectivity index (χ3n) is 5.48. The molecule has 0 aliphatic rings. The zero-order valence-electron chi connectivity index (χ0n) is 19.1. The van der Waals surface area contributed by atoms with Crippen molar-refractivity contribution in [3.8, 4) is 23.0 Å². The number of fused-ring (bicyclic) bond motifs is 1. The first-order valence-corrected chi connectivity index (χ1v) is 11.4. The summed E-state index contributed by atoms with van der Waals surface area (Å²) in [7, 11) is 1.51. The first-order valence-electron chi connectivity index (χ1n) is 11.0. The molecule has 1 amide bonds. The van der Waals surface area contributed by atoms with Gasteiger partial charge in [-0.3, -0.25) is 4.79 Å². The molecule has 8 heteroatoms. The van der Waals surface area contributed by atoms with Crippen molar-refractivity contribution in [2.75, 3.05) is 12.4 Å². The summed E-state index contributed by atoms with van der Waals surface area (Å²) in [4.78, 5) is 17.2. The second kappa shape index (κ2) is 10.1. The Hall–Kier alpha value is -4.36. The maximum atomic E-state index is 14.1. The lowest BCUT2D eigenvalue weighted by atomic mass is 10.1. The zero-order valence-corrected chi connectivity index (χ0v) is 19.9. The smallest absolute Gasteiger partial charge is 0.255 e. The summed E-state index contributed by atoms with van der Waals surface area (Å²) in [6.45, 7) is 0.325. The van der Waals surface area contributed by atoms with Crippen molar-refractivity contribution < 1.29 is 23.1 Å². The fraction of sp³-hybridized carbons (Fsp3) is 0.0714. The normalized spacial score (nSPS) is 10.9. The first-order chi connectivity index (χ1) is 17.5. The van der Waals surface area contributed by atoms with E-state index in [9.17, 15) is 9.18 Å². The van der Waals surface area contributed by atoms with E-state index in [0.717, 1.165) is 5.56 Å². The van der Waals surface area contributed by atoms with E-state index >= 15 is 0 Å². The van der Waals surface area contributed by atoms with Crippen LogP contribution in [0.25, 0.3) is 22.6 Å². The minimum atomic E-state index is -0.424. The Morgan fingerprint density at radius 1 is 1.00 bits per heavy atom. The van der Waals surface area contributed by atoms with Gasteiger partial charge >= 0.3 is 0 Å². The molecule has 36 heavy (non-hydrogen) atoms. The lowest BCUT2D eigenvalue weighted by molar-refractivity contribution is 0.102. The second-order valence-electron chi connectivity index (χ2n) is 7.92. The molecule has 1 heterocycles. The third-order valence-corrected chi connectivity index (χ3v) is 5.74. The van der Waals surface area contributed by atoms with Gasteiger partial charge in [0.25, 0.3) is 5.91 Å². The van der Waals surface area contributed by atoms with Crippen LogP contribution in [0.4, 0.5) is 10.1 Å². The molecule has 0 fully saturated rings. The number of ether oxygens (including phenoxy) is 2. The Kier molecular flexibility index (Phi) is 6.56. The van der Waals surface area contributed by atoms with Gasteiger partial charge in [0.05, 0.1) is 12.7 Å². The van der Waals surface area contributed by atoms with Crippen LogP contribution in [0.3, 0.4) is 0 Å². The van der Waals surface area contributed by atoms with Crippen molar-refractivity contribution in [2.45, 2.75) is 6.61 Å². The number of aromatic nitrogens is 1. The van der Waals surface area contributed by atoms with Crippen LogP contribution in [-0.4, -0.2) is 18.0 Å². The molecule has 6 nitrogen and oxygen atoms in total. The number of nitrogens with one attached hydrogen (secondary N) is 1. The maximum Gasteiger partial charge on any atom is 0.255 e. The summed E-state index contributed by atoms with van der Waals surface area (Å²) < 4.78 is 31.1. The van der Waals surface area contributed by atoms with Crippen LogP contribution < -0.4 is 14.8 Å². The van der Waals surface area contributed by atoms with E-state index < -0.39 is 5.82 Å². The number of benzene rings is 4. The van der Waals surface area contributed by atoms with Gasteiger partial charge in [0, 0.05) is 22.3 Å². The van der Waals surface area contributed by atoms with Crippen LogP contribution in [0, 0.1) is 5.82 Å². The largest absolute Gasteiger partial charge is 0.493 e. The first kappa shape index (κ1) is 23.4. The molecular formula is C28H20ClFN2O4. The molecule has 180 valence electrons. The van der Waals surface area contributed by atoms with Crippen molar-refractivity contribution in [3.05, 3.63) is 107 Å². The fourth-order valence-electron chi connectivity index (χ4n) is 3.63. The number of methoxy groups -OCH3 is 1. The van der Waals surface area contributed by atoms with Crippen molar-refractivity contribution in [3.63, 3.8) is 0 Å². The number of halogens is 2. The van der Waals surface area contributed by atoms with E-state index in [4.69, 9.17) is 25.5 Å². The van der Waals surface area contributed by atoms with E-state index in [0.29, 0.717) is 45.5 Å². The molecule has 0 atom stereocenters. The number of oxazole rings is 1. The van der Waals surface area contributed by atoms with E-state index in [1.54, 1.807) is 66.7 Å². The molecule has 4 aromatic carbocycles. The molecule has 0 unspecified atom stereocenters. The van der Waals surface area contributed by atoms with E-state index in [-0.39, 0.29) is 17.4 Å². The molecule has 0 saturated carbocycles. The van der Waals surface area contributed by atoms with Crippen molar-refractivity contribution in [1.29, 1.82) is 0 Å². The topological polar surface area (TPSA) is 73.6 Å². The number of hydrogen-bond acceptors (Lipinski definition) is 5. The molecule has 0 aliphatic carbocycles. The van der Waals surface area contributed by atoms with Crippen molar-refractivity contribution in [1.82, 2.24) is 4.98 Å². The van der Waals surface area contributed by atoms with Gasteiger partial charge in [-0.2, -0.15) is 0 Å². The van der Waals surface area contributed by atoms with Gasteiger partial charge in [0.15, 0.2) is 17.1 Å². The van der Waals surface area contributed by atoms with Crippen LogP contribution in [0.2, 0.25) is 5.02 Å². The summed E-state index contributed by atoms with van der Waals surface area (Å²) in [5.74, 6) is 0.341. The number of nitrogens with zero attached hydrogens (tertiary/aromatic N) is 1. The van der Waals surface area contributed by atoms with E-state index in [1.807, 2.05) is 12.1 Å². The minimum absolute atomic E-state index is 0.172. The molecule has 0 spiro atoms. The molecule has 1 N–H and O–H groups in total. The second-order valence-corrected chi connectivity index (χ2v) is 8.35. The lowest BCUT2D eigenvalue weighted by Crippen LogP contribution is -2.12. The SMILES string of the molecule is COc1cc(C(=O)Nc2ccc3nc(-c4ccccc4F)oc3c2)ccc1OCc1ccc(Cl)cc1. The fourth-order valence-corrected chi connectivity index (χ4v) is 3.75. The molecule has 0 radical (unpaired) electrons. The Morgan fingerprint density at radius 3 is 2.58 bits per heavy atom. The summed E-state index contributed by atoms with van der Waals surface area (Å²) in [5, 5.41) is 3.49. The summed E-state index contributed by atoms with van der Waals surface area (Å²) >= 11 is 5.92. The van der Waals surface area contributed by atoms with Gasteiger partial charge in [0.1, 0.15) is 17.9 Å². The van der Waals surface area contributed by atoms with Gasteiger partial charge < -0.3 is 19.2 Å².